The molecule has 0 radical (unpaired) electrons. The van der Waals surface area contributed by atoms with Crippen molar-refractivity contribution >= 4 is 0 Å². The minimum atomic E-state index is 0.179. The first-order valence-corrected chi connectivity index (χ1v) is 9.80. The molecule has 0 N–H and O–H groups in total. The van der Waals surface area contributed by atoms with Crippen molar-refractivity contribution < 1.29 is 23.7 Å². The largest absolute Gasteiger partial charge is 0.496 e. The first-order valence-electron chi connectivity index (χ1n) is 9.80. The molecule has 5 heteroatoms. The van der Waals surface area contributed by atoms with Gasteiger partial charge in [-0.05, 0) is 67.3 Å². The highest BCUT2D eigenvalue weighted by atomic mass is 16.7. The van der Waals surface area contributed by atoms with Gasteiger partial charge >= 0.3 is 0 Å². The zero-order valence-electron chi connectivity index (χ0n) is 18.2. The third-order valence-corrected chi connectivity index (χ3v) is 5.58. The van der Waals surface area contributed by atoms with Crippen LogP contribution in [0.4, 0.5) is 0 Å². The molecule has 1 aliphatic rings. The molecule has 0 bridgehead atoms. The predicted octanol–water partition coefficient (Wildman–Crippen LogP) is 5.70. The lowest BCUT2D eigenvalue weighted by Gasteiger charge is -2.21. The third kappa shape index (κ3) is 3.11. The Kier molecular flexibility index (Phi) is 5.20. The summed E-state index contributed by atoms with van der Waals surface area (Å²) in [6.45, 7) is 6.31. The van der Waals surface area contributed by atoms with Crippen molar-refractivity contribution in [2.75, 3.05) is 28.1 Å². The van der Waals surface area contributed by atoms with Gasteiger partial charge in [0.25, 0.3) is 0 Å². The molecule has 0 fully saturated rings. The Morgan fingerprint density at radius 3 is 1.70 bits per heavy atom. The molecular weight excluding hydrogens is 380 g/mol. The maximum atomic E-state index is 5.87. The van der Waals surface area contributed by atoms with E-state index < -0.39 is 0 Å². The van der Waals surface area contributed by atoms with E-state index in [9.17, 15) is 0 Å². The van der Waals surface area contributed by atoms with Crippen LogP contribution in [0.3, 0.4) is 0 Å². The topological polar surface area (TPSA) is 46.2 Å². The van der Waals surface area contributed by atoms with Crippen molar-refractivity contribution in [1.29, 1.82) is 0 Å². The highest BCUT2D eigenvalue weighted by Gasteiger charge is 2.30. The Hall–Kier alpha value is -3.34. The van der Waals surface area contributed by atoms with Gasteiger partial charge in [0.2, 0.25) is 12.5 Å². The second-order valence-electron chi connectivity index (χ2n) is 7.34. The van der Waals surface area contributed by atoms with Gasteiger partial charge in [-0.15, -0.1) is 0 Å². The van der Waals surface area contributed by atoms with Crippen LogP contribution in [-0.2, 0) is 0 Å². The van der Waals surface area contributed by atoms with Gasteiger partial charge in [-0.2, -0.15) is 0 Å². The van der Waals surface area contributed by atoms with Crippen LogP contribution in [0.5, 0.6) is 28.7 Å². The summed E-state index contributed by atoms with van der Waals surface area (Å²) in [5.41, 5.74) is 7.21. The van der Waals surface area contributed by atoms with Gasteiger partial charge in [0.05, 0.1) is 21.3 Å². The minimum Gasteiger partial charge on any atom is -0.496 e. The number of methoxy groups -OCH3 is 3. The first-order chi connectivity index (χ1) is 14.5. The fourth-order valence-corrected chi connectivity index (χ4v) is 4.15. The van der Waals surface area contributed by atoms with Crippen LogP contribution < -0.4 is 23.7 Å². The molecule has 0 aromatic heterocycles. The Bertz CT molecular complexity index is 1120. The van der Waals surface area contributed by atoms with Gasteiger partial charge in [0.15, 0.2) is 11.5 Å². The molecule has 1 heterocycles. The SMILES string of the molecule is COc1ccc(-c2c(C)c3c(c(OC)c2-c2ccc(OC)c(C)c2)OCO3)cc1C. The molecule has 156 valence electrons. The fourth-order valence-electron chi connectivity index (χ4n) is 4.15. The van der Waals surface area contributed by atoms with Crippen molar-refractivity contribution in [3.63, 3.8) is 0 Å². The summed E-state index contributed by atoms with van der Waals surface area (Å²) in [5, 5.41) is 0. The maximum absolute atomic E-state index is 5.87. The van der Waals surface area contributed by atoms with Crippen LogP contribution in [0.25, 0.3) is 22.3 Å². The summed E-state index contributed by atoms with van der Waals surface area (Å²) in [6, 6.07) is 12.3. The van der Waals surface area contributed by atoms with Gasteiger partial charge in [-0.3, -0.25) is 0 Å². The summed E-state index contributed by atoms with van der Waals surface area (Å²) >= 11 is 0. The number of hydrogen-bond acceptors (Lipinski definition) is 5. The molecule has 0 atom stereocenters. The predicted molar refractivity (Wildman–Crippen MR) is 117 cm³/mol. The second kappa shape index (κ2) is 7.82. The van der Waals surface area contributed by atoms with Gasteiger partial charge in [-0.1, -0.05) is 12.1 Å². The summed E-state index contributed by atoms with van der Waals surface area (Å²) in [5.74, 6) is 3.74. The Morgan fingerprint density at radius 2 is 1.20 bits per heavy atom. The second-order valence-corrected chi connectivity index (χ2v) is 7.34. The quantitative estimate of drug-likeness (QED) is 0.544. The molecule has 3 aromatic carbocycles. The zero-order valence-corrected chi connectivity index (χ0v) is 18.2. The Labute approximate surface area is 177 Å². The summed E-state index contributed by atoms with van der Waals surface area (Å²) in [4.78, 5) is 0. The molecule has 0 saturated heterocycles. The molecule has 0 saturated carbocycles. The number of ether oxygens (including phenoxy) is 5. The van der Waals surface area contributed by atoms with Crippen LogP contribution in [0.1, 0.15) is 16.7 Å². The molecule has 5 nitrogen and oxygen atoms in total. The fraction of sp³-hybridized carbons (Fsp3) is 0.280. The summed E-state index contributed by atoms with van der Waals surface area (Å²) in [7, 11) is 5.02. The molecule has 30 heavy (non-hydrogen) atoms. The van der Waals surface area contributed by atoms with Crippen molar-refractivity contribution in [2.45, 2.75) is 20.8 Å². The zero-order chi connectivity index (χ0) is 21.4. The summed E-state index contributed by atoms with van der Waals surface area (Å²) < 4.78 is 28.4. The van der Waals surface area contributed by atoms with Gasteiger partial charge in [0, 0.05) is 16.7 Å². The van der Waals surface area contributed by atoms with Crippen LogP contribution in [0.2, 0.25) is 0 Å². The van der Waals surface area contributed by atoms with E-state index in [2.05, 4.69) is 25.1 Å². The van der Waals surface area contributed by atoms with Crippen LogP contribution in [-0.4, -0.2) is 28.1 Å². The lowest BCUT2D eigenvalue weighted by Crippen LogP contribution is -1.98. The van der Waals surface area contributed by atoms with E-state index in [-0.39, 0.29) is 6.79 Å². The molecule has 0 spiro atoms. The van der Waals surface area contributed by atoms with E-state index in [1.807, 2.05) is 32.0 Å². The number of benzene rings is 3. The number of rotatable bonds is 5. The van der Waals surface area contributed by atoms with E-state index in [0.717, 1.165) is 56.2 Å². The average molecular weight is 406 g/mol. The lowest BCUT2D eigenvalue weighted by molar-refractivity contribution is 0.171. The van der Waals surface area contributed by atoms with Gasteiger partial charge in [0.1, 0.15) is 11.5 Å². The Morgan fingerprint density at radius 1 is 0.667 bits per heavy atom. The van der Waals surface area contributed by atoms with Crippen molar-refractivity contribution in [2.24, 2.45) is 0 Å². The molecule has 0 aliphatic carbocycles. The van der Waals surface area contributed by atoms with Crippen molar-refractivity contribution in [3.8, 4) is 51.0 Å². The van der Waals surface area contributed by atoms with E-state index >= 15 is 0 Å². The number of aryl methyl sites for hydroxylation is 2. The minimum absolute atomic E-state index is 0.179. The maximum Gasteiger partial charge on any atom is 0.231 e. The van der Waals surface area contributed by atoms with Crippen LogP contribution in [0.15, 0.2) is 36.4 Å². The molecule has 4 rings (SSSR count). The third-order valence-electron chi connectivity index (χ3n) is 5.58. The van der Waals surface area contributed by atoms with E-state index in [1.165, 1.54) is 0 Å². The normalized spacial score (nSPS) is 12.1. The van der Waals surface area contributed by atoms with E-state index in [4.69, 9.17) is 23.7 Å². The Balaban J connectivity index is 2.06. The molecule has 3 aromatic rings. The standard InChI is InChI=1S/C25H26O5/c1-14-11-17(7-9-19(14)26-4)21-16(3)23-25(30-13-29-23)24(28-6)22(21)18-8-10-20(27-5)15(2)12-18/h7-12H,13H2,1-6H3. The highest BCUT2D eigenvalue weighted by Crippen LogP contribution is 2.54. The van der Waals surface area contributed by atoms with Gasteiger partial charge in [-0.25, -0.2) is 0 Å². The van der Waals surface area contributed by atoms with Gasteiger partial charge < -0.3 is 23.7 Å². The first kappa shape index (κ1) is 20.0. The summed E-state index contributed by atoms with van der Waals surface area (Å²) in [6.07, 6.45) is 0. The number of hydrogen-bond donors (Lipinski definition) is 0. The molecule has 0 unspecified atom stereocenters. The van der Waals surface area contributed by atoms with Crippen LogP contribution >= 0.6 is 0 Å². The van der Waals surface area contributed by atoms with E-state index in [0.29, 0.717) is 11.5 Å². The smallest absolute Gasteiger partial charge is 0.231 e. The molecular formula is C25H26O5. The number of fused-ring (bicyclic) bond motifs is 1. The van der Waals surface area contributed by atoms with Crippen molar-refractivity contribution in [1.82, 2.24) is 0 Å². The average Bonchev–Trinajstić information content (AvgIpc) is 3.23. The van der Waals surface area contributed by atoms with Crippen LogP contribution in [0, 0.1) is 20.8 Å². The lowest BCUT2D eigenvalue weighted by atomic mass is 9.88. The highest BCUT2D eigenvalue weighted by molar-refractivity contribution is 5.94. The molecule has 1 aliphatic heterocycles. The van der Waals surface area contributed by atoms with Crippen molar-refractivity contribution in [3.05, 3.63) is 53.1 Å². The molecule has 0 amide bonds. The monoisotopic (exact) mass is 406 g/mol. The van der Waals surface area contributed by atoms with E-state index in [1.54, 1.807) is 21.3 Å².